The van der Waals surface area contributed by atoms with Gasteiger partial charge in [-0.2, -0.15) is 0 Å². The Balaban J connectivity index is 0.00000208. The van der Waals surface area contributed by atoms with Crippen LogP contribution in [0.2, 0.25) is 10.0 Å². The fourth-order valence-corrected chi connectivity index (χ4v) is 3.66. The van der Waals surface area contributed by atoms with Crippen molar-refractivity contribution in [1.82, 2.24) is 15.1 Å². The van der Waals surface area contributed by atoms with Gasteiger partial charge in [0.1, 0.15) is 0 Å². The lowest BCUT2D eigenvalue weighted by Crippen LogP contribution is -2.54. The molecule has 1 aromatic carbocycles. The summed E-state index contributed by atoms with van der Waals surface area (Å²) in [5, 5.41) is 3.94. The van der Waals surface area contributed by atoms with Crippen molar-refractivity contribution < 1.29 is 9.59 Å². The topological polar surface area (TPSA) is 52.7 Å². The fourth-order valence-electron chi connectivity index (χ4n) is 3.11. The molecule has 1 N–H and O–H groups in total. The zero-order valence-electron chi connectivity index (χ0n) is 13.1. The molecule has 0 bridgehead atoms. The van der Waals surface area contributed by atoms with E-state index in [-0.39, 0.29) is 30.3 Å². The van der Waals surface area contributed by atoms with Gasteiger partial charge in [-0.25, -0.2) is 0 Å². The van der Waals surface area contributed by atoms with E-state index < -0.39 is 0 Å². The predicted molar refractivity (Wildman–Crippen MR) is 97.2 cm³/mol. The maximum atomic E-state index is 12.6. The predicted octanol–water partition coefficient (Wildman–Crippen LogP) is 2.45. The van der Waals surface area contributed by atoms with Gasteiger partial charge in [-0.05, 0) is 31.5 Å². The summed E-state index contributed by atoms with van der Waals surface area (Å²) < 4.78 is 0. The maximum absolute atomic E-state index is 12.6. The van der Waals surface area contributed by atoms with Crippen molar-refractivity contribution in [1.29, 1.82) is 0 Å². The number of piperazine rings is 1. The van der Waals surface area contributed by atoms with Crippen molar-refractivity contribution in [3.63, 3.8) is 0 Å². The highest BCUT2D eigenvalue weighted by atomic mass is 35.5. The van der Waals surface area contributed by atoms with E-state index in [1.165, 1.54) is 0 Å². The summed E-state index contributed by atoms with van der Waals surface area (Å²) in [4.78, 5) is 28.5. The first-order chi connectivity index (χ1) is 11.1. The molecule has 132 valence electrons. The van der Waals surface area contributed by atoms with Crippen molar-refractivity contribution in [2.45, 2.75) is 18.9 Å². The smallest absolute Gasteiger partial charge is 0.257 e. The molecule has 2 amide bonds. The maximum Gasteiger partial charge on any atom is 0.257 e. The lowest BCUT2D eigenvalue weighted by molar-refractivity contribution is -0.134. The monoisotopic (exact) mass is 391 g/mol. The second kappa shape index (κ2) is 8.39. The molecular weight excluding hydrogens is 373 g/mol. The normalized spacial score (nSPS) is 20.7. The summed E-state index contributed by atoms with van der Waals surface area (Å²) in [6, 6.07) is 4.97. The Morgan fingerprint density at radius 1 is 1.04 bits per heavy atom. The minimum absolute atomic E-state index is 0. The van der Waals surface area contributed by atoms with Crippen LogP contribution >= 0.6 is 35.6 Å². The van der Waals surface area contributed by atoms with Crippen molar-refractivity contribution >= 4 is 47.4 Å². The number of benzene rings is 1. The first-order valence-corrected chi connectivity index (χ1v) is 8.59. The number of carbonyl (C=O) groups is 2. The number of hydrogen-bond acceptors (Lipinski definition) is 3. The molecule has 8 heteroatoms. The molecule has 0 radical (unpaired) electrons. The van der Waals surface area contributed by atoms with E-state index in [0.717, 1.165) is 19.4 Å². The van der Waals surface area contributed by atoms with E-state index in [1.54, 1.807) is 23.1 Å². The van der Waals surface area contributed by atoms with Gasteiger partial charge in [0.2, 0.25) is 5.91 Å². The van der Waals surface area contributed by atoms with Crippen molar-refractivity contribution in [2.24, 2.45) is 0 Å². The van der Waals surface area contributed by atoms with Crippen LogP contribution in [0.5, 0.6) is 0 Å². The fraction of sp³-hybridized carbons (Fsp3) is 0.500. The average molecular weight is 393 g/mol. The van der Waals surface area contributed by atoms with E-state index in [0.29, 0.717) is 41.8 Å². The molecule has 3 rings (SSSR count). The van der Waals surface area contributed by atoms with Gasteiger partial charge < -0.3 is 15.1 Å². The zero-order chi connectivity index (χ0) is 16.4. The summed E-state index contributed by atoms with van der Waals surface area (Å²) >= 11 is 12.2. The molecule has 1 aromatic rings. The van der Waals surface area contributed by atoms with E-state index in [9.17, 15) is 9.59 Å². The highest BCUT2D eigenvalue weighted by Crippen LogP contribution is 2.26. The molecular formula is C16H20Cl3N3O2. The standard InChI is InChI=1S/C16H19Cl2N3O2.ClH/c17-11-3-1-4-12(18)14(11)16(23)21-9-7-20(8-10-21)15(22)13-5-2-6-19-13;/h1,3-4,13,19H,2,5-10H2;1H. The SMILES string of the molecule is Cl.O=C(c1c(Cl)cccc1Cl)N1CCN(C(=O)C2CCCN2)CC1. The minimum atomic E-state index is -0.174. The molecule has 0 aromatic heterocycles. The Labute approximate surface area is 157 Å². The van der Waals surface area contributed by atoms with Gasteiger partial charge in [-0.1, -0.05) is 29.3 Å². The van der Waals surface area contributed by atoms with Gasteiger partial charge in [0, 0.05) is 26.2 Å². The number of carbonyl (C=O) groups excluding carboxylic acids is 2. The van der Waals surface area contributed by atoms with Crippen LogP contribution in [0.25, 0.3) is 0 Å². The number of nitrogens with zero attached hydrogens (tertiary/aromatic N) is 2. The number of amides is 2. The van der Waals surface area contributed by atoms with Crippen LogP contribution < -0.4 is 5.32 Å². The quantitative estimate of drug-likeness (QED) is 0.841. The summed E-state index contributed by atoms with van der Waals surface area (Å²) in [5.74, 6) is -0.0305. The zero-order valence-corrected chi connectivity index (χ0v) is 15.5. The molecule has 24 heavy (non-hydrogen) atoms. The molecule has 1 atom stereocenters. The second-order valence-corrected chi connectivity index (χ2v) is 6.68. The molecule has 2 fully saturated rings. The van der Waals surface area contributed by atoms with Gasteiger partial charge in [-0.15, -0.1) is 12.4 Å². The van der Waals surface area contributed by atoms with Gasteiger partial charge in [0.05, 0.1) is 21.7 Å². The highest BCUT2D eigenvalue weighted by molar-refractivity contribution is 6.39. The third-order valence-electron chi connectivity index (χ3n) is 4.41. The summed E-state index contributed by atoms with van der Waals surface area (Å²) in [6.07, 6.45) is 1.94. The van der Waals surface area contributed by atoms with Crippen LogP contribution in [0.4, 0.5) is 0 Å². The molecule has 0 spiro atoms. The van der Waals surface area contributed by atoms with Crippen LogP contribution in [0, 0.1) is 0 Å². The van der Waals surface area contributed by atoms with Crippen LogP contribution in [0.1, 0.15) is 23.2 Å². The molecule has 2 aliphatic rings. The Hall–Kier alpha value is -1.01. The summed E-state index contributed by atoms with van der Waals surface area (Å²) in [6.45, 7) is 2.99. The Morgan fingerprint density at radius 3 is 2.17 bits per heavy atom. The lowest BCUT2D eigenvalue weighted by atomic mass is 10.1. The van der Waals surface area contributed by atoms with E-state index in [2.05, 4.69) is 5.32 Å². The van der Waals surface area contributed by atoms with Crippen molar-refractivity contribution in [2.75, 3.05) is 32.7 Å². The number of halogens is 3. The number of rotatable bonds is 2. The first-order valence-electron chi connectivity index (χ1n) is 7.83. The van der Waals surface area contributed by atoms with Crippen molar-refractivity contribution in [3.05, 3.63) is 33.8 Å². The van der Waals surface area contributed by atoms with Crippen LogP contribution in [-0.2, 0) is 4.79 Å². The van der Waals surface area contributed by atoms with Crippen molar-refractivity contribution in [3.8, 4) is 0 Å². The highest BCUT2D eigenvalue weighted by Gasteiger charge is 2.31. The number of nitrogens with one attached hydrogen (secondary N) is 1. The summed E-state index contributed by atoms with van der Waals surface area (Å²) in [5.41, 5.74) is 0.341. The Kier molecular flexibility index (Phi) is 6.75. The molecule has 0 aliphatic carbocycles. The van der Waals surface area contributed by atoms with Gasteiger partial charge >= 0.3 is 0 Å². The van der Waals surface area contributed by atoms with Crippen LogP contribution in [0.3, 0.4) is 0 Å². The third kappa shape index (κ3) is 3.97. The van der Waals surface area contributed by atoms with E-state index in [4.69, 9.17) is 23.2 Å². The largest absolute Gasteiger partial charge is 0.338 e. The minimum Gasteiger partial charge on any atom is -0.338 e. The number of hydrogen-bond donors (Lipinski definition) is 1. The van der Waals surface area contributed by atoms with Crippen LogP contribution in [0.15, 0.2) is 18.2 Å². The Bertz CT molecular complexity index is 592. The molecule has 2 heterocycles. The van der Waals surface area contributed by atoms with Gasteiger partial charge in [0.25, 0.3) is 5.91 Å². The van der Waals surface area contributed by atoms with Crippen LogP contribution in [-0.4, -0.2) is 60.4 Å². The van der Waals surface area contributed by atoms with E-state index in [1.807, 2.05) is 4.90 Å². The third-order valence-corrected chi connectivity index (χ3v) is 5.04. The first kappa shape index (κ1) is 19.3. The molecule has 0 saturated carbocycles. The summed E-state index contributed by atoms with van der Waals surface area (Å²) in [7, 11) is 0. The van der Waals surface area contributed by atoms with Gasteiger partial charge in [-0.3, -0.25) is 9.59 Å². The molecule has 2 aliphatic heterocycles. The van der Waals surface area contributed by atoms with Gasteiger partial charge in [0.15, 0.2) is 0 Å². The van der Waals surface area contributed by atoms with E-state index >= 15 is 0 Å². The molecule has 2 saturated heterocycles. The Morgan fingerprint density at radius 2 is 1.62 bits per heavy atom. The second-order valence-electron chi connectivity index (χ2n) is 5.86. The molecule has 1 unspecified atom stereocenters. The average Bonchev–Trinajstić information content (AvgIpc) is 3.08. The molecule has 5 nitrogen and oxygen atoms in total. The lowest BCUT2D eigenvalue weighted by Gasteiger charge is -2.36.